The first kappa shape index (κ1) is 18.2. The molecule has 2 rings (SSSR count). The van der Waals surface area contributed by atoms with Crippen molar-refractivity contribution in [2.75, 3.05) is 18.9 Å². The molecule has 0 aliphatic rings. The first-order chi connectivity index (χ1) is 11.4. The standard InChI is InChI=1S/C21H28N2O/c1-15(2)19-8-6-7-9-20(19)22-21(24)14-23(5)13-18-11-10-16(3)12-17(18)4/h6-12,15H,13-14H2,1-5H3,(H,22,24). The number of nitrogens with one attached hydrogen (secondary N) is 1. The minimum atomic E-state index is 0.0235. The summed E-state index contributed by atoms with van der Waals surface area (Å²) < 4.78 is 0. The van der Waals surface area contributed by atoms with Crippen LogP contribution >= 0.6 is 0 Å². The largest absolute Gasteiger partial charge is 0.325 e. The topological polar surface area (TPSA) is 32.3 Å². The van der Waals surface area contributed by atoms with Crippen molar-refractivity contribution in [2.24, 2.45) is 0 Å². The normalized spacial score (nSPS) is 11.1. The van der Waals surface area contributed by atoms with Gasteiger partial charge in [0.2, 0.25) is 5.91 Å². The maximum absolute atomic E-state index is 12.4. The van der Waals surface area contributed by atoms with Crippen molar-refractivity contribution in [3.63, 3.8) is 0 Å². The Kier molecular flexibility index (Phi) is 6.16. The number of aryl methyl sites for hydroxylation is 2. The predicted octanol–water partition coefficient (Wildman–Crippen LogP) is 4.50. The fourth-order valence-corrected chi connectivity index (χ4v) is 2.92. The molecule has 0 saturated carbocycles. The van der Waals surface area contributed by atoms with Crippen LogP contribution in [0.4, 0.5) is 5.69 Å². The number of hydrogen-bond acceptors (Lipinski definition) is 2. The molecular formula is C21H28N2O. The van der Waals surface area contributed by atoms with Gasteiger partial charge in [0.1, 0.15) is 0 Å². The number of benzene rings is 2. The number of rotatable bonds is 6. The van der Waals surface area contributed by atoms with E-state index in [-0.39, 0.29) is 5.91 Å². The number of amides is 1. The Hall–Kier alpha value is -2.13. The molecule has 1 N–H and O–H groups in total. The van der Waals surface area contributed by atoms with Crippen LogP contribution < -0.4 is 5.32 Å². The molecule has 0 fully saturated rings. The summed E-state index contributed by atoms with van der Waals surface area (Å²) in [4.78, 5) is 14.4. The smallest absolute Gasteiger partial charge is 0.238 e. The molecule has 0 aliphatic heterocycles. The molecule has 0 aromatic heterocycles. The van der Waals surface area contributed by atoms with Gasteiger partial charge in [-0.1, -0.05) is 55.8 Å². The second-order valence-corrected chi connectivity index (χ2v) is 6.89. The summed E-state index contributed by atoms with van der Waals surface area (Å²) >= 11 is 0. The molecule has 0 atom stereocenters. The SMILES string of the molecule is Cc1ccc(CN(C)CC(=O)Nc2ccccc2C(C)C)c(C)c1. The van der Waals surface area contributed by atoms with Crippen molar-refractivity contribution >= 4 is 11.6 Å². The fraction of sp³-hybridized carbons (Fsp3) is 0.381. The van der Waals surface area contributed by atoms with Crippen LogP contribution in [0.1, 0.15) is 42.0 Å². The second kappa shape index (κ2) is 8.11. The lowest BCUT2D eigenvalue weighted by atomic mass is 10.0. The van der Waals surface area contributed by atoms with E-state index in [1.807, 2.05) is 30.1 Å². The monoisotopic (exact) mass is 324 g/mol. The fourth-order valence-electron chi connectivity index (χ4n) is 2.92. The van der Waals surface area contributed by atoms with Gasteiger partial charge in [-0.25, -0.2) is 0 Å². The van der Waals surface area contributed by atoms with Gasteiger partial charge in [-0.3, -0.25) is 9.69 Å². The molecule has 128 valence electrons. The van der Waals surface area contributed by atoms with Crippen molar-refractivity contribution in [1.29, 1.82) is 0 Å². The second-order valence-electron chi connectivity index (χ2n) is 6.89. The zero-order valence-corrected chi connectivity index (χ0v) is 15.4. The Morgan fingerprint density at radius 3 is 2.50 bits per heavy atom. The van der Waals surface area contributed by atoms with Gasteiger partial charge in [0.25, 0.3) is 0 Å². The number of anilines is 1. The van der Waals surface area contributed by atoms with Gasteiger partial charge in [0, 0.05) is 12.2 Å². The zero-order valence-electron chi connectivity index (χ0n) is 15.4. The molecule has 24 heavy (non-hydrogen) atoms. The van der Waals surface area contributed by atoms with Crippen molar-refractivity contribution in [1.82, 2.24) is 4.90 Å². The molecule has 2 aromatic rings. The van der Waals surface area contributed by atoms with Crippen LogP contribution in [0.5, 0.6) is 0 Å². The maximum atomic E-state index is 12.4. The molecule has 2 aromatic carbocycles. The van der Waals surface area contributed by atoms with E-state index in [0.29, 0.717) is 12.5 Å². The number of para-hydroxylation sites is 1. The van der Waals surface area contributed by atoms with Crippen molar-refractivity contribution in [3.8, 4) is 0 Å². The Morgan fingerprint density at radius 1 is 1.12 bits per heavy atom. The Morgan fingerprint density at radius 2 is 1.83 bits per heavy atom. The lowest BCUT2D eigenvalue weighted by Crippen LogP contribution is -2.30. The molecule has 0 bridgehead atoms. The molecular weight excluding hydrogens is 296 g/mol. The minimum absolute atomic E-state index is 0.0235. The van der Waals surface area contributed by atoms with E-state index in [1.165, 1.54) is 22.3 Å². The summed E-state index contributed by atoms with van der Waals surface area (Å²) in [5, 5.41) is 3.05. The summed E-state index contributed by atoms with van der Waals surface area (Å²) in [6.45, 7) is 9.63. The van der Waals surface area contributed by atoms with Gasteiger partial charge < -0.3 is 5.32 Å². The zero-order chi connectivity index (χ0) is 17.7. The molecule has 0 heterocycles. The molecule has 3 nitrogen and oxygen atoms in total. The van der Waals surface area contributed by atoms with E-state index in [2.05, 4.69) is 57.3 Å². The van der Waals surface area contributed by atoms with Gasteiger partial charge in [-0.2, -0.15) is 0 Å². The number of carbonyl (C=O) groups excluding carboxylic acids is 1. The Bertz CT molecular complexity index is 707. The summed E-state index contributed by atoms with van der Waals surface area (Å²) in [5.41, 5.74) is 5.88. The van der Waals surface area contributed by atoms with Gasteiger partial charge in [0.15, 0.2) is 0 Å². The van der Waals surface area contributed by atoms with Crippen LogP contribution in [0.3, 0.4) is 0 Å². The molecule has 1 amide bonds. The van der Waals surface area contributed by atoms with Gasteiger partial charge in [-0.05, 0) is 49.6 Å². The molecule has 3 heteroatoms. The van der Waals surface area contributed by atoms with Crippen molar-refractivity contribution in [3.05, 3.63) is 64.7 Å². The maximum Gasteiger partial charge on any atom is 0.238 e. The van der Waals surface area contributed by atoms with E-state index < -0.39 is 0 Å². The summed E-state index contributed by atoms with van der Waals surface area (Å²) in [7, 11) is 1.98. The van der Waals surface area contributed by atoms with Crippen LogP contribution in [0.15, 0.2) is 42.5 Å². The number of likely N-dealkylation sites (N-methyl/N-ethyl adjacent to an activating group) is 1. The predicted molar refractivity (Wildman–Crippen MR) is 101 cm³/mol. The number of hydrogen-bond donors (Lipinski definition) is 1. The first-order valence-electron chi connectivity index (χ1n) is 8.50. The average molecular weight is 324 g/mol. The molecule has 0 unspecified atom stereocenters. The lowest BCUT2D eigenvalue weighted by Gasteiger charge is -2.19. The highest BCUT2D eigenvalue weighted by atomic mass is 16.2. The van der Waals surface area contributed by atoms with Crippen LogP contribution in [0.2, 0.25) is 0 Å². The van der Waals surface area contributed by atoms with Crippen LogP contribution in [-0.4, -0.2) is 24.4 Å². The Labute approximate surface area is 145 Å². The molecule has 0 radical (unpaired) electrons. The van der Waals surface area contributed by atoms with E-state index >= 15 is 0 Å². The Balaban J connectivity index is 1.97. The van der Waals surface area contributed by atoms with Gasteiger partial charge >= 0.3 is 0 Å². The number of nitrogens with zero attached hydrogens (tertiary/aromatic N) is 1. The van der Waals surface area contributed by atoms with Gasteiger partial charge in [-0.15, -0.1) is 0 Å². The van der Waals surface area contributed by atoms with Gasteiger partial charge in [0.05, 0.1) is 6.54 Å². The summed E-state index contributed by atoms with van der Waals surface area (Å²) in [6, 6.07) is 14.5. The number of carbonyl (C=O) groups is 1. The lowest BCUT2D eigenvalue weighted by molar-refractivity contribution is -0.117. The summed E-state index contributed by atoms with van der Waals surface area (Å²) in [6.07, 6.45) is 0. The summed E-state index contributed by atoms with van der Waals surface area (Å²) in [5.74, 6) is 0.407. The van der Waals surface area contributed by atoms with Crippen molar-refractivity contribution < 1.29 is 4.79 Å². The van der Waals surface area contributed by atoms with E-state index in [9.17, 15) is 4.79 Å². The van der Waals surface area contributed by atoms with Crippen LogP contribution in [0.25, 0.3) is 0 Å². The minimum Gasteiger partial charge on any atom is -0.325 e. The highest BCUT2D eigenvalue weighted by Gasteiger charge is 2.12. The third-order valence-electron chi connectivity index (χ3n) is 4.21. The molecule has 0 aliphatic carbocycles. The van der Waals surface area contributed by atoms with Crippen LogP contribution in [-0.2, 0) is 11.3 Å². The van der Waals surface area contributed by atoms with Crippen LogP contribution in [0, 0.1) is 13.8 Å². The third kappa shape index (κ3) is 4.93. The molecule has 0 saturated heterocycles. The van der Waals surface area contributed by atoms with E-state index in [4.69, 9.17) is 0 Å². The van der Waals surface area contributed by atoms with E-state index in [0.717, 1.165) is 12.2 Å². The highest BCUT2D eigenvalue weighted by molar-refractivity contribution is 5.93. The van der Waals surface area contributed by atoms with Crippen molar-refractivity contribution in [2.45, 2.75) is 40.2 Å². The highest BCUT2D eigenvalue weighted by Crippen LogP contribution is 2.23. The third-order valence-corrected chi connectivity index (χ3v) is 4.21. The molecule has 0 spiro atoms. The quantitative estimate of drug-likeness (QED) is 0.848. The first-order valence-corrected chi connectivity index (χ1v) is 8.50. The van der Waals surface area contributed by atoms with E-state index in [1.54, 1.807) is 0 Å². The average Bonchev–Trinajstić information content (AvgIpc) is 2.50.